The second-order valence-corrected chi connectivity index (χ2v) is 7.57. The summed E-state index contributed by atoms with van der Waals surface area (Å²) in [6.07, 6.45) is 5.87. The molecule has 1 saturated carbocycles. The number of piperidine rings is 1. The molecule has 132 valence electrons. The highest BCUT2D eigenvalue weighted by Gasteiger charge is 2.34. The number of rotatable bonds is 5. The number of carbonyl (C=O) groups is 1. The third-order valence-electron chi connectivity index (χ3n) is 5.75. The minimum Gasteiger partial charge on any atom is -0.389 e. The maximum atomic E-state index is 12.2. The topological polar surface area (TPSA) is 52.6 Å². The Kier molecular flexibility index (Phi) is 5.57. The Hall–Kier alpha value is -1.39. The number of aliphatic hydroxyl groups is 1. The lowest BCUT2D eigenvalue weighted by Gasteiger charge is -2.36. The van der Waals surface area contributed by atoms with E-state index >= 15 is 0 Å². The Morgan fingerprint density at radius 2 is 1.88 bits per heavy atom. The van der Waals surface area contributed by atoms with Gasteiger partial charge in [0.25, 0.3) is 0 Å². The minimum absolute atomic E-state index is 0.0222. The molecule has 0 aromatic heterocycles. The van der Waals surface area contributed by atoms with Crippen LogP contribution in [0.4, 0.5) is 0 Å². The van der Waals surface area contributed by atoms with E-state index in [0.717, 1.165) is 51.6 Å². The first-order chi connectivity index (χ1) is 11.6. The lowest BCUT2D eigenvalue weighted by Crippen LogP contribution is -2.46. The smallest absolute Gasteiger partial charge is 0.223 e. The number of likely N-dealkylation sites (tertiary alicyclic amines) is 1. The molecule has 1 atom stereocenters. The fourth-order valence-corrected chi connectivity index (χ4v) is 4.16. The Labute approximate surface area is 145 Å². The Balaban J connectivity index is 1.44. The summed E-state index contributed by atoms with van der Waals surface area (Å²) >= 11 is 0. The quantitative estimate of drug-likeness (QED) is 0.872. The summed E-state index contributed by atoms with van der Waals surface area (Å²) in [6.45, 7) is 4.26. The number of carbonyl (C=O) groups excluding carboxylic acids is 1. The molecule has 1 unspecified atom stereocenters. The van der Waals surface area contributed by atoms with Crippen molar-refractivity contribution in [2.75, 3.05) is 13.1 Å². The summed E-state index contributed by atoms with van der Waals surface area (Å²) < 4.78 is 0. The number of benzene rings is 1. The summed E-state index contributed by atoms with van der Waals surface area (Å²) in [5.74, 6) is 0.0222. The van der Waals surface area contributed by atoms with E-state index in [4.69, 9.17) is 0 Å². The van der Waals surface area contributed by atoms with Crippen LogP contribution in [0.2, 0.25) is 0 Å². The molecule has 1 amide bonds. The third kappa shape index (κ3) is 4.37. The van der Waals surface area contributed by atoms with Gasteiger partial charge in [0.2, 0.25) is 5.91 Å². The molecular formula is C20H30N2O2. The van der Waals surface area contributed by atoms with Gasteiger partial charge in [0.15, 0.2) is 0 Å². The first-order valence-electron chi connectivity index (χ1n) is 9.36. The van der Waals surface area contributed by atoms with Crippen molar-refractivity contribution in [3.05, 3.63) is 35.9 Å². The van der Waals surface area contributed by atoms with Gasteiger partial charge >= 0.3 is 0 Å². The van der Waals surface area contributed by atoms with Crippen LogP contribution in [0.5, 0.6) is 0 Å². The molecule has 2 fully saturated rings. The molecule has 4 nitrogen and oxygen atoms in total. The van der Waals surface area contributed by atoms with E-state index in [0.29, 0.717) is 6.04 Å². The molecule has 1 saturated heterocycles. The molecule has 0 radical (unpaired) electrons. The third-order valence-corrected chi connectivity index (χ3v) is 5.75. The zero-order valence-corrected chi connectivity index (χ0v) is 14.7. The van der Waals surface area contributed by atoms with E-state index in [-0.39, 0.29) is 18.4 Å². The summed E-state index contributed by atoms with van der Waals surface area (Å²) in [6, 6.07) is 11.3. The van der Waals surface area contributed by atoms with E-state index in [9.17, 15) is 9.90 Å². The average Bonchev–Trinajstić information content (AvgIpc) is 3.01. The molecule has 1 aromatic rings. The second kappa shape index (κ2) is 7.66. The summed E-state index contributed by atoms with van der Waals surface area (Å²) in [5, 5.41) is 13.5. The molecule has 24 heavy (non-hydrogen) atoms. The van der Waals surface area contributed by atoms with Crippen molar-refractivity contribution in [3.8, 4) is 0 Å². The monoisotopic (exact) mass is 330 g/mol. The highest BCUT2D eigenvalue weighted by molar-refractivity contribution is 5.77. The summed E-state index contributed by atoms with van der Waals surface area (Å²) in [7, 11) is 0. The van der Waals surface area contributed by atoms with Crippen molar-refractivity contribution < 1.29 is 9.90 Å². The fourth-order valence-electron chi connectivity index (χ4n) is 4.16. The van der Waals surface area contributed by atoms with Crippen LogP contribution in [0, 0.1) is 0 Å². The highest BCUT2D eigenvalue weighted by atomic mass is 16.3. The van der Waals surface area contributed by atoms with Crippen molar-refractivity contribution in [2.45, 2.75) is 69.6 Å². The Bertz CT molecular complexity index is 532. The zero-order valence-electron chi connectivity index (χ0n) is 14.7. The van der Waals surface area contributed by atoms with Crippen molar-refractivity contribution in [3.63, 3.8) is 0 Å². The fraction of sp³-hybridized carbons (Fsp3) is 0.650. The summed E-state index contributed by atoms with van der Waals surface area (Å²) in [5.41, 5.74) is 0.607. The molecule has 1 heterocycles. The number of amides is 1. The molecule has 1 aliphatic carbocycles. The maximum Gasteiger partial charge on any atom is 0.223 e. The summed E-state index contributed by atoms with van der Waals surface area (Å²) in [4.78, 5) is 14.7. The van der Waals surface area contributed by atoms with E-state index < -0.39 is 5.60 Å². The van der Waals surface area contributed by atoms with Crippen LogP contribution in [0.25, 0.3) is 0 Å². The lowest BCUT2D eigenvalue weighted by atomic mass is 9.96. The predicted octanol–water partition coefficient (Wildman–Crippen LogP) is 3.02. The van der Waals surface area contributed by atoms with Crippen LogP contribution in [0.3, 0.4) is 0 Å². The van der Waals surface area contributed by atoms with Gasteiger partial charge in [-0.05, 0) is 38.2 Å². The van der Waals surface area contributed by atoms with Crippen molar-refractivity contribution in [1.29, 1.82) is 0 Å². The van der Waals surface area contributed by atoms with Crippen molar-refractivity contribution in [1.82, 2.24) is 10.2 Å². The molecular weight excluding hydrogens is 300 g/mol. The first-order valence-corrected chi connectivity index (χ1v) is 9.36. The van der Waals surface area contributed by atoms with Gasteiger partial charge in [0.05, 0.1) is 12.0 Å². The van der Waals surface area contributed by atoms with Crippen LogP contribution < -0.4 is 5.32 Å². The minimum atomic E-state index is -0.743. The average molecular weight is 330 g/mol. The van der Waals surface area contributed by atoms with E-state index in [1.807, 2.05) is 0 Å². The van der Waals surface area contributed by atoms with E-state index in [1.54, 1.807) is 0 Å². The molecule has 0 bridgehead atoms. The zero-order chi connectivity index (χ0) is 17.0. The molecule has 2 aliphatic rings. The van der Waals surface area contributed by atoms with Gasteiger partial charge in [0, 0.05) is 25.2 Å². The van der Waals surface area contributed by atoms with Crippen molar-refractivity contribution >= 4 is 5.91 Å². The van der Waals surface area contributed by atoms with Crippen LogP contribution in [-0.4, -0.2) is 40.6 Å². The number of hydrogen-bond acceptors (Lipinski definition) is 3. The molecule has 3 rings (SSSR count). The highest BCUT2D eigenvalue weighted by Crippen LogP contribution is 2.32. The normalized spacial score (nSPS) is 23.1. The van der Waals surface area contributed by atoms with Gasteiger partial charge in [-0.25, -0.2) is 0 Å². The number of nitrogens with one attached hydrogen (secondary N) is 1. The number of hydrogen-bond donors (Lipinski definition) is 2. The molecule has 2 N–H and O–H groups in total. The lowest BCUT2D eigenvalue weighted by molar-refractivity contribution is -0.127. The van der Waals surface area contributed by atoms with E-state index in [2.05, 4.69) is 47.5 Å². The van der Waals surface area contributed by atoms with Crippen LogP contribution >= 0.6 is 0 Å². The largest absolute Gasteiger partial charge is 0.389 e. The molecule has 1 aliphatic heterocycles. The SMILES string of the molecule is CC(c1ccccc1)N1CCC(NC(=O)CC2(O)CCCC2)CC1. The van der Waals surface area contributed by atoms with Gasteiger partial charge in [-0.3, -0.25) is 9.69 Å². The van der Waals surface area contributed by atoms with Gasteiger partial charge < -0.3 is 10.4 Å². The molecule has 4 heteroatoms. The van der Waals surface area contributed by atoms with Crippen LogP contribution in [0.1, 0.15) is 63.5 Å². The standard InChI is InChI=1S/C20H30N2O2/c1-16(17-7-3-2-4-8-17)22-13-9-18(10-14-22)21-19(23)15-20(24)11-5-6-12-20/h2-4,7-8,16,18,24H,5-6,9-15H2,1H3,(H,21,23). The first kappa shape index (κ1) is 17.4. The second-order valence-electron chi connectivity index (χ2n) is 7.57. The van der Waals surface area contributed by atoms with Gasteiger partial charge in [-0.2, -0.15) is 0 Å². The molecule has 1 aromatic carbocycles. The number of nitrogens with zero attached hydrogens (tertiary/aromatic N) is 1. The van der Waals surface area contributed by atoms with Gasteiger partial charge in [-0.15, -0.1) is 0 Å². The van der Waals surface area contributed by atoms with Gasteiger partial charge in [0.1, 0.15) is 0 Å². The Morgan fingerprint density at radius 1 is 1.25 bits per heavy atom. The Morgan fingerprint density at radius 3 is 2.50 bits per heavy atom. The van der Waals surface area contributed by atoms with E-state index in [1.165, 1.54) is 5.56 Å². The van der Waals surface area contributed by atoms with Gasteiger partial charge in [-0.1, -0.05) is 43.2 Å². The maximum absolute atomic E-state index is 12.2. The van der Waals surface area contributed by atoms with Crippen LogP contribution in [-0.2, 0) is 4.79 Å². The van der Waals surface area contributed by atoms with Crippen LogP contribution in [0.15, 0.2) is 30.3 Å². The molecule has 0 spiro atoms. The predicted molar refractivity (Wildman–Crippen MR) is 95.6 cm³/mol. The van der Waals surface area contributed by atoms with Crippen molar-refractivity contribution in [2.24, 2.45) is 0 Å².